The van der Waals surface area contributed by atoms with Crippen molar-refractivity contribution in [2.45, 2.75) is 23.5 Å². The quantitative estimate of drug-likeness (QED) is 0.324. The van der Waals surface area contributed by atoms with E-state index >= 15 is 0 Å². The van der Waals surface area contributed by atoms with Gasteiger partial charge in [-0.2, -0.15) is 0 Å². The number of nitrogens with one attached hydrogen (secondary N) is 2. The zero-order valence-corrected chi connectivity index (χ0v) is 21.2. The molecule has 3 aromatic rings. The number of hydrogen-bond donors (Lipinski definition) is 2. The van der Waals surface area contributed by atoms with Crippen LogP contribution in [-0.2, 0) is 16.0 Å². The topological polar surface area (TPSA) is 76.7 Å². The summed E-state index contributed by atoms with van der Waals surface area (Å²) in [5.41, 5.74) is 1.97. The van der Waals surface area contributed by atoms with E-state index in [1.165, 1.54) is 26.0 Å². The Morgan fingerprint density at radius 3 is 2.32 bits per heavy atom. The molecule has 178 valence electrons. The van der Waals surface area contributed by atoms with Gasteiger partial charge in [0.15, 0.2) is 0 Å². The van der Waals surface area contributed by atoms with E-state index in [-0.39, 0.29) is 18.2 Å². The first-order valence-corrected chi connectivity index (χ1v) is 12.0. The highest BCUT2D eigenvalue weighted by Gasteiger charge is 2.18. The van der Waals surface area contributed by atoms with Crippen LogP contribution in [0.2, 0.25) is 10.0 Å². The van der Waals surface area contributed by atoms with Gasteiger partial charge in [0.05, 0.1) is 36.6 Å². The highest BCUT2D eigenvalue weighted by Crippen LogP contribution is 2.36. The summed E-state index contributed by atoms with van der Waals surface area (Å²) in [5.74, 6) is 0.534. The number of thioether (sulfide) groups is 1. The van der Waals surface area contributed by atoms with Crippen LogP contribution in [0.5, 0.6) is 11.5 Å². The van der Waals surface area contributed by atoms with Gasteiger partial charge in [-0.1, -0.05) is 41.4 Å². The average molecular weight is 519 g/mol. The minimum atomic E-state index is -0.425. The number of hydrogen-bond acceptors (Lipinski definition) is 5. The fourth-order valence-electron chi connectivity index (χ4n) is 3.09. The highest BCUT2D eigenvalue weighted by molar-refractivity contribution is 8.00. The van der Waals surface area contributed by atoms with Gasteiger partial charge < -0.3 is 20.1 Å². The highest BCUT2D eigenvalue weighted by atomic mass is 35.5. The summed E-state index contributed by atoms with van der Waals surface area (Å²) in [7, 11) is 3.01. The second-order valence-electron chi connectivity index (χ2n) is 7.32. The maximum atomic E-state index is 12.8. The third-order valence-corrected chi connectivity index (χ3v) is 6.45. The van der Waals surface area contributed by atoms with Gasteiger partial charge in [-0.25, -0.2) is 0 Å². The van der Waals surface area contributed by atoms with Gasteiger partial charge in [-0.3, -0.25) is 9.59 Å². The molecule has 0 radical (unpaired) electrons. The molecule has 3 rings (SSSR count). The molecule has 0 saturated carbocycles. The Labute approximate surface area is 212 Å². The summed E-state index contributed by atoms with van der Waals surface area (Å²) in [6.45, 7) is 1.80. The summed E-state index contributed by atoms with van der Waals surface area (Å²) >= 11 is 13.4. The van der Waals surface area contributed by atoms with Crippen molar-refractivity contribution < 1.29 is 19.1 Å². The molecule has 0 aromatic heterocycles. The lowest BCUT2D eigenvalue weighted by Gasteiger charge is -2.16. The van der Waals surface area contributed by atoms with E-state index in [9.17, 15) is 9.59 Å². The Kier molecular flexibility index (Phi) is 9.10. The van der Waals surface area contributed by atoms with Crippen molar-refractivity contribution in [1.82, 2.24) is 0 Å². The second kappa shape index (κ2) is 12.0. The number of halogens is 2. The second-order valence-corrected chi connectivity index (χ2v) is 9.57. The van der Waals surface area contributed by atoms with Crippen LogP contribution < -0.4 is 20.1 Å². The minimum Gasteiger partial charge on any atom is -0.495 e. The molecule has 0 aliphatic carbocycles. The Morgan fingerprint density at radius 2 is 1.65 bits per heavy atom. The SMILES string of the molecule is COc1cc(OC)c(NC(=O)C(C)Sc2cccc(NC(=O)Cc3ccc(Cl)cc3)c2)cc1Cl. The molecule has 2 amide bonds. The van der Waals surface area contributed by atoms with E-state index in [4.69, 9.17) is 32.7 Å². The van der Waals surface area contributed by atoms with Crippen LogP contribution in [0.15, 0.2) is 65.6 Å². The third kappa shape index (κ3) is 7.06. The van der Waals surface area contributed by atoms with Crippen LogP contribution in [0.1, 0.15) is 12.5 Å². The summed E-state index contributed by atoms with van der Waals surface area (Å²) in [6.07, 6.45) is 0.236. The van der Waals surface area contributed by atoms with Crippen molar-refractivity contribution in [1.29, 1.82) is 0 Å². The monoisotopic (exact) mass is 518 g/mol. The molecular formula is C25H24Cl2N2O4S. The predicted octanol–water partition coefficient (Wildman–Crippen LogP) is 6.31. The first-order valence-electron chi connectivity index (χ1n) is 10.3. The largest absolute Gasteiger partial charge is 0.495 e. The maximum Gasteiger partial charge on any atom is 0.237 e. The van der Waals surface area contributed by atoms with E-state index < -0.39 is 5.25 Å². The van der Waals surface area contributed by atoms with Crippen molar-refractivity contribution in [3.05, 3.63) is 76.3 Å². The zero-order valence-electron chi connectivity index (χ0n) is 18.9. The number of methoxy groups -OCH3 is 2. The molecule has 9 heteroatoms. The number of ether oxygens (including phenoxy) is 2. The molecule has 2 N–H and O–H groups in total. The Morgan fingerprint density at radius 1 is 0.941 bits per heavy atom. The molecule has 3 aromatic carbocycles. The minimum absolute atomic E-state index is 0.140. The van der Waals surface area contributed by atoms with E-state index in [0.29, 0.717) is 32.9 Å². The third-order valence-electron chi connectivity index (χ3n) is 4.81. The summed E-state index contributed by atoms with van der Waals surface area (Å²) < 4.78 is 10.5. The van der Waals surface area contributed by atoms with Gasteiger partial charge in [0, 0.05) is 21.7 Å². The molecule has 0 aliphatic rings. The number of rotatable bonds is 9. The lowest BCUT2D eigenvalue weighted by Crippen LogP contribution is -2.22. The van der Waals surface area contributed by atoms with Crippen molar-refractivity contribution in [2.75, 3.05) is 24.9 Å². The summed E-state index contributed by atoms with van der Waals surface area (Å²) in [5, 5.41) is 6.30. The Bertz CT molecular complexity index is 1170. The molecule has 0 heterocycles. The van der Waals surface area contributed by atoms with E-state index in [2.05, 4.69) is 10.6 Å². The molecule has 0 bridgehead atoms. The van der Waals surface area contributed by atoms with Crippen LogP contribution in [0.25, 0.3) is 0 Å². The van der Waals surface area contributed by atoms with Crippen LogP contribution in [0.4, 0.5) is 11.4 Å². The molecule has 0 fully saturated rings. The number of carbonyl (C=O) groups is 2. The molecule has 6 nitrogen and oxygen atoms in total. The van der Waals surface area contributed by atoms with Crippen LogP contribution in [-0.4, -0.2) is 31.3 Å². The van der Waals surface area contributed by atoms with Gasteiger partial charge in [-0.15, -0.1) is 11.8 Å². The van der Waals surface area contributed by atoms with Crippen molar-refractivity contribution in [3.8, 4) is 11.5 Å². The lowest BCUT2D eigenvalue weighted by atomic mass is 10.1. The van der Waals surface area contributed by atoms with Crippen LogP contribution in [0.3, 0.4) is 0 Å². The van der Waals surface area contributed by atoms with Crippen molar-refractivity contribution in [3.63, 3.8) is 0 Å². The average Bonchev–Trinajstić information content (AvgIpc) is 2.81. The maximum absolute atomic E-state index is 12.8. The lowest BCUT2D eigenvalue weighted by molar-refractivity contribution is -0.116. The number of benzene rings is 3. The molecular weight excluding hydrogens is 495 g/mol. The smallest absolute Gasteiger partial charge is 0.237 e. The molecule has 34 heavy (non-hydrogen) atoms. The number of anilines is 2. The molecule has 0 spiro atoms. The van der Waals surface area contributed by atoms with Gasteiger partial charge >= 0.3 is 0 Å². The first kappa shape index (κ1) is 25.7. The fourth-order valence-corrected chi connectivity index (χ4v) is 4.38. The molecule has 0 saturated heterocycles. The van der Waals surface area contributed by atoms with E-state index in [0.717, 1.165) is 10.5 Å². The summed E-state index contributed by atoms with van der Waals surface area (Å²) in [4.78, 5) is 26.0. The normalized spacial score (nSPS) is 11.4. The standard InChI is InChI=1S/C25H24Cl2N2O4S/c1-15(25(31)29-21-13-20(27)22(32-2)14-23(21)33-3)34-19-6-4-5-18(12-19)28-24(30)11-16-7-9-17(26)10-8-16/h4-10,12-15H,11H2,1-3H3,(H,28,30)(H,29,31). The van der Waals surface area contributed by atoms with E-state index in [1.54, 1.807) is 37.3 Å². The zero-order chi connectivity index (χ0) is 24.7. The van der Waals surface area contributed by atoms with E-state index in [1.807, 2.05) is 30.3 Å². The fraction of sp³-hybridized carbons (Fsp3) is 0.200. The Hall–Kier alpha value is -2.87. The van der Waals surface area contributed by atoms with Gasteiger partial charge in [0.1, 0.15) is 11.5 Å². The van der Waals surface area contributed by atoms with Gasteiger partial charge in [-0.05, 0) is 48.9 Å². The number of amides is 2. The summed E-state index contributed by atoms with van der Waals surface area (Å²) in [6, 6.07) is 17.7. The number of carbonyl (C=O) groups excluding carboxylic acids is 2. The van der Waals surface area contributed by atoms with Crippen molar-refractivity contribution >= 4 is 58.2 Å². The molecule has 0 aliphatic heterocycles. The van der Waals surface area contributed by atoms with Crippen molar-refractivity contribution in [2.24, 2.45) is 0 Å². The molecule has 1 unspecified atom stereocenters. The van der Waals surface area contributed by atoms with Gasteiger partial charge in [0.25, 0.3) is 0 Å². The van der Waals surface area contributed by atoms with Crippen LogP contribution >= 0.6 is 35.0 Å². The predicted molar refractivity (Wildman–Crippen MR) is 139 cm³/mol. The van der Waals surface area contributed by atoms with Crippen LogP contribution in [0, 0.1) is 0 Å². The Balaban J connectivity index is 1.61. The molecule has 1 atom stereocenters. The first-order chi connectivity index (χ1) is 16.3. The van der Waals surface area contributed by atoms with Gasteiger partial charge in [0.2, 0.25) is 11.8 Å².